The van der Waals surface area contributed by atoms with E-state index in [1.165, 1.54) is 5.56 Å². The molecule has 0 saturated carbocycles. The van der Waals surface area contributed by atoms with Gasteiger partial charge in [-0.25, -0.2) is 4.98 Å². The van der Waals surface area contributed by atoms with E-state index in [4.69, 9.17) is 0 Å². The first-order valence-corrected chi connectivity index (χ1v) is 8.04. The third kappa shape index (κ3) is 2.73. The number of carbonyl (C=O) groups is 1. The van der Waals surface area contributed by atoms with Crippen molar-refractivity contribution in [2.45, 2.75) is 26.1 Å². The summed E-state index contributed by atoms with van der Waals surface area (Å²) in [6.07, 6.45) is 1.89. The molecule has 0 N–H and O–H groups in total. The van der Waals surface area contributed by atoms with Crippen molar-refractivity contribution in [3.8, 4) is 0 Å². The summed E-state index contributed by atoms with van der Waals surface area (Å²) in [7, 11) is 3.51. The quantitative estimate of drug-likeness (QED) is 0.873. The molecule has 3 heterocycles. The van der Waals surface area contributed by atoms with Crippen molar-refractivity contribution in [2.24, 2.45) is 0 Å². The van der Waals surface area contributed by atoms with Gasteiger partial charge in [0, 0.05) is 39.9 Å². The first kappa shape index (κ1) is 14.3. The molecule has 1 aliphatic rings. The SMILES string of the molecule is CC1c2nc(C(=O)N(C)C)cn2CCN1Cc1ccsc1. The molecule has 112 valence electrons. The van der Waals surface area contributed by atoms with Crippen LogP contribution in [-0.4, -0.2) is 45.9 Å². The molecule has 21 heavy (non-hydrogen) atoms. The molecule has 0 radical (unpaired) electrons. The van der Waals surface area contributed by atoms with Crippen LogP contribution >= 0.6 is 11.3 Å². The number of carbonyl (C=O) groups excluding carboxylic acids is 1. The lowest BCUT2D eigenvalue weighted by Crippen LogP contribution is -2.36. The molecule has 2 aromatic rings. The van der Waals surface area contributed by atoms with E-state index in [-0.39, 0.29) is 11.9 Å². The van der Waals surface area contributed by atoms with Gasteiger partial charge >= 0.3 is 0 Å². The van der Waals surface area contributed by atoms with E-state index in [2.05, 4.69) is 38.2 Å². The Hall–Kier alpha value is -1.66. The zero-order valence-electron chi connectivity index (χ0n) is 12.6. The van der Waals surface area contributed by atoms with Crippen LogP contribution in [0.25, 0.3) is 0 Å². The number of rotatable bonds is 3. The van der Waals surface area contributed by atoms with Gasteiger partial charge in [0.25, 0.3) is 5.91 Å². The molecule has 2 aromatic heterocycles. The summed E-state index contributed by atoms with van der Waals surface area (Å²) in [5.74, 6) is 0.954. The van der Waals surface area contributed by atoms with E-state index >= 15 is 0 Å². The number of nitrogens with zero attached hydrogens (tertiary/aromatic N) is 4. The molecule has 1 aliphatic heterocycles. The second-order valence-electron chi connectivity index (χ2n) is 5.66. The molecule has 0 bridgehead atoms. The highest BCUT2D eigenvalue weighted by Gasteiger charge is 2.27. The van der Waals surface area contributed by atoms with E-state index in [0.29, 0.717) is 5.69 Å². The van der Waals surface area contributed by atoms with Crippen LogP contribution in [0.5, 0.6) is 0 Å². The van der Waals surface area contributed by atoms with Crippen LogP contribution in [0, 0.1) is 0 Å². The fourth-order valence-corrected chi connectivity index (χ4v) is 3.36. The fraction of sp³-hybridized carbons (Fsp3) is 0.467. The zero-order chi connectivity index (χ0) is 15.0. The second-order valence-corrected chi connectivity index (χ2v) is 6.44. The molecule has 1 amide bonds. The molecule has 5 nitrogen and oxygen atoms in total. The standard InChI is InChI=1S/C15H20N4OS/c1-11-14-16-13(15(20)17(2)3)9-19(14)6-5-18(11)8-12-4-7-21-10-12/h4,7,9-11H,5-6,8H2,1-3H3. The van der Waals surface area contributed by atoms with Crippen LogP contribution in [0.15, 0.2) is 23.0 Å². The maximum atomic E-state index is 12.0. The Morgan fingerprint density at radius 1 is 1.48 bits per heavy atom. The van der Waals surface area contributed by atoms with Crippen molar-refractivity contribution in [3.63, 3.8) is 0 Å². The Balaban J connectivity index is 1.81. The van der Waals surface area contributed by atoms with E-state index in [9.17, 15) is 4.79 Å². The van der Waals surface area contributed by atoms with Gasteiger partial charge < -0.3 is 9.47 Å². The maximum absolute atomic E-state index is 12.0. The van der Waals surface area contributed by atoms with Gasteiger partial charge in [-0.3, -0.25) is 9.69 Å². The lowest BCUT2D eigenvalue weighted by molar-refractivity contribution is 0.0822. The molecule has 0 aliphatic carbocycles. The molecule has 6 heteroatoms. The summed E-state index contributed by atoms with van der Waals surface area (Å²) in [5, 5.41) is 4.30. The first-order valence-electron chi connectivity index (χ1n) is 7.10. The normalized spacial score (nSPS) is 18.5. The number of aromatic nitrogens is 2. The molecule has 0 spiro atoms. The van der Waals surface area contributed by atoms with E-state index in [1.807, 2.05) is 6.20 Å². The van der Waals surface area contributed by atoms with Crippen LogP contribution in [0.2, 0.25) is 0 Å². The highest BCUT2D eigenvalue weighted by atomic mass is 32.1. The van der Waals surface area contributed by atoms with Crippen molar-refractivity contribution in [1.82, 2.24) is 19.4 Å². The van der Waals surface area contributed by atoms with Gasteiger partial charge in [0.1, 0.15) is 11.5 Å². The average molecular weight is 304 g/mol. The van der Waals surface area contributed by atoms with Gasteiger partial charge in [0.15, 0.2) is 0 Å². The molecule has 1 atom stereocenters. The Kier molecular flexibility index (Phi) is 3.82. The summed E-state index contributed by atoms with van der Waals surface area (Å²) in [6.45, 7) is 4.97. The third-order valence-corrected chi connectivity index (χ3v) is 4.68. The van der Waals surface area contributed by atoms with Crippen molar-refractivity contribution in [2.75, 3.05) is 20.6 Å². The zero-order valence-corrected chi connectivity index (χ0v) is 13.4. The summed E-state index contributed by atoms with van der Waals surface area (Å²) < 4.78 is 2.12. The van der Waals surface area contributed by atoms with Gasteiger partial charge in [-0.15, -0.1) is 0 Å². The minimum absolute atomic E-state index is 0.0338. The predicted molar refractivity (Wildman–Crippen MR) is 83.4 cm³/mol. The van der Waals surface area contributed by atoms with Crippen LogP contribution in [0.3, 0.4) is 0 Å². The van der Waals surface area contributed by atoms with Crippen LogP contribution in [-0.2, 0) is 13.1 Å². The number of hydrogen-bond donors (Lipinski definition) is 0. The number of amides is 1. The second kappa shape index (κ2) is 5.61. The number of imidazole rings is 1. The molecule has 0 aromatic carbocycles. The number of thiophene rings is 1. The number of hydrogen-bond acceptors (Lipinski definition) is 4. The number of fused-ring (bicyclic) bond motifs is 1. The van der Waals surface area contributed by atoms with Crippen molar-refractivity contribution < 1.29 is 4.79 Å². The Bertz CT molecular complexity index is 632. The van der Waals surface area contributed by atoms with Crippen molar-refractivity contribution in [1.29, 1.82) is 0 Å². The van der Waals surface area contributed by atoms with Gasteiger partial charge in [0.05, 0.1) is 6.04 Å². The lowest BCUT2D eigenvalue weighted by Gasteiger charge is -2.33. The summed E-state index contributed by atoms with van der Waals surface area (Å²) in [5.41, 5.74) is 1.88. The minimum atomic E-state index is -0.0338. The predicted octanol–water partition coefficient (Wildman–Crippen LogP) is 2.22. The lowest BCUT2D eigenvalue weighted by atomic mass is 10.2. The van der Waals surface area contributed by atoms with Crippen LogP contribution < -0.4 is 0 Å². The first-order chi connectivity index (χ1) is 10.1. The van der Waals surface area contributed by atoms with E-state index in [0.717, 1.165) is 25.5 Å². The van der Waals surface area contributed by atoms with Gasteiger partial charge in [-0.05, 0) is 29.3 Å². The Labute approximate surface area is 128 Å². The topological polar surface area (TPSA) is 41.4 Å². The molecule has 3 rings (SSSR count). The highest BCUT2D eigenvalue weighted by Crippen LogP contribution is 2.26. The van der Waals surface area contributed by atoms with Crippen LogP contribution in [0.4, 0.5) is 0 Å². The smallest absolute Gasteiger partial charge is 0.273 e. The van der Waals surface area contributed by atoms with Crippen molar-refractivity contribution >= 4 is 17.2 Å². The third-order valence-electron chi connectivity index (χ3n) is 3.95. The molecule has 0 saturated heterocycles. The van der Waals surface area contributed by atoms with Crippen molar-refractivity contribution in [3.05, 3.63) is 40.1 Å². The minimum Gasteiger partial charge on any atom is -0.343 e. The van der Waals surface area contributed by atoms with Crippen LogP contribution in [0.1, 0.15) is 34.8 Å². The summed E-state index contributed by atoms with van der Waals surface area (Å²) >= 11 is 1.73. The molecular formula is C15H20N4OS. The largest absolute Gasteiger partial charge is 0.343 e. The fourth-order valence-electron chi connectivity index (χ4n) is 2.70. The molecule has 1 unspecified atom stereocenters. The molecular weight excluding hydrogens is 284 g/mol. The Morgan fingerprint density at radius 3 is 2.95 bits per heavy atom. The van der Waals surface area contributed by atoms with Gasteiger partial charge in [0.2, 0.25) is 0 Å². The summed E-state index contributed by atoms with van der Waals surface area (Å²) in [6, 6.07) is 2.39. The maximum Gasteiger partial charge on any atom is 0.273 e. The Morgan fingerprint density at radius 2 is 2.29 bits per heavy atom. The average Bonchev–Trinajstić information content (AvgIpc) is 3.10. The van der Waals surface area contributed by atoms with E-state index < -0.39 is 0 Å². The summed E-state index contributed by atoms with van der Waals surface area (Å²) in [4.78, 5) is 20.6. The van der Waals surface area contributed by atoms with Gasteiger partial charge in [-0.1, -0.05) is 0 Å². The monoisotopic (exact) mass is 304 g/mol. The van der Waals surface area contributed by atoms with E-state index in [1.54, 1.807) is 30.3 Å². The molecule has 0 fully saturated rings. The van der Waals surface area contributed by atoms with Gasteiger partial charge in [-0.2, -0.15) is 11.3 Å². The highest BCUT2D eigenvalue weighted by molar-refractivity contribution is 7.07.